The summed E-state index contributed by atoms with van der Waals surface area (Å²) in [7, 11) is 0. The molecular formula is C22H26O3S2. The molecule has 1 heterocycles. The molecule has 0 spiro atoms. The van der Waals surface area contributed by atoms with E-state index in [9.17, 15) is 4.79 Å². The Morgan fingerprint density at radius 1 is 1.00 bits per heavy atom. The van der Waals surface area contributed by atoms with E-state index in [1.807, 2.05) is 57.2 Å². The van der Waals surface area contributed by atoms with Crippen LogP contribution < -0.4 is 0 Å². The maximum absolute atomic E-state index is 12.7. The summed E-state index contributed by atoms with van der Waals surface area (Å²) in [4.78, 5) is 15.1. The van der Waals surface area contributed by atoms with Crippen molar-refractivity contribution >= 4 is 29.5 Å². The lowest BCUT2D eigenvalue weighted by molar-refractivity contribution is -0.167. The van der Waals surface area contributed by atoms with Gasteiger partial charge in [-0.2, -0.15) is 0 Å². The zero-order valence-electron chi connectivity index (χ0n) is 16.0. The smallest absolute Gasteiger partial charge is 0.336 e. The Morgan fingerprint density at radius 3 is 2.00 bits per heavy atom. The highest BCUT2D eigenvalue weighted by Gasteiger charge is 2.42. The van der Waals surface area contributed by atoms with Crippen LogP contribution in [0.4, 0.5) is 0 Å². The first-order valence-corrected chi connectivity index (χ1v) is 11.0. The predicted molar refractivity (Wildman–Crippen MR) is 112 cm³/mol. The summed E-state index contributed by atoms with van der Waals surface area (Å²) in [6.07, 6.45) is 0.343. The fourth-order valence-electron chi connectivity index (χ4n) is 2.95. The topological polar surface area (TPSA) is 35.5 Å². The highest BCUT2D eigenvalue weighted by Crippen LogP contribution is 2.44. The van der Waals surface area contributed by atoms with Gasteiger partial charge in [-0.05, 0) is 51.5 Å². The normalized spacial score (nSPS) is 20.0. The van der Waals surface area contributed by atoms with E-state index in [2.05, 4.69) is 24.3 Å². The van der Waals surface area contributed by atoms with Crippen LogP contribution in [0.2, 0.25) is 0 Å². The van der Waals surface area contributed by atoms with Crippen molar-refractivity contribution in [2.24, 2.45) is 5.92 Å². The summed E-state index contributed by atoms with van der Waals surface area (Å²) in [5.41, 5.74) is -0.512. The minimum Gasteiger partial charge on any atom is -0.458 e. The van der Waals surface area contributed by atoms with Crippen LogP contribution >= 0.6 is 23.5 Å². The third kappa shape index (κ3) is 6.03. The average molecular weight is 403 g/mol. The number of esters is 1. The second-order valence-electron chi connectivity index (χ2n) is 7.51. The molecule has 0 N–H and O–H groups in total. The molecule has 0 aliphatic carbocycles. The van der Waals surface area contributed by atoms with Gasteiger partial charge in [-0.15, -0.1) is 23.5 Å². The molecule has 2 aromatic carbocycles. The monoisotopic (exact) mass is 402 g/mol. The van der Waals surface area contributed by atoms with Crippen molar-refractivity contribution in [1.29, 1.82) is 0 Å². The quantitative estimate of drug-likeness (QED) is 0.355. The van der Waals surface area contributed by atoms with Crippen LogP contribution in [-0.4, -0.2) is 28.9 Å². The van der Waals surface area contributed by atoms with Crippen LogP contribution in [-0.2, 0) is 14.3 Å². The van der Waals surface area contributed by atoms with Gasteiger partial charge in [0, 0.05) is 22.3 Å². The maximum atomic E-state index is 12.7. The number of rotatable bonds is 6. The summed E-state index contributed by atoms with van der Waals surface area (Å²) in [5.74, 6) is -0.160. The molecule has 5 heteroatoms. The third-order valence-electron chi connectivity index (χ3n) is 4.12. The molecule has 27 heavy (non-hydrogen) atoms. The number of hydrogen-bond acceptors (Lipinski definition) is 5. The standard InChI is InChI=1S/C22H26O3S2/c1-22(2,3)25-20(23)19-18(14-15-24-19)21(26-16-10-6-4-7-11-16)27-17-12-8-5-9-13-17/h4-13,18-19,21H,14-15H2,1-3H3/t18-,19-/m1/s1. The highest BCUT2D eigenvalue weighted by molar-refractivity contribution is 8.17. The molecule has 0 saturated carbocycles. The van der Waals surface area contributed by atoms with E-state index in [1.54, 1.807) is 23.5 Å². The number of thioether (sulfide) groups is 2. The van der Waals surface area contributed by atoms with Crippen LogP contribution in [0.5, 0.6) is 0 Å². The Bertz CT molecular complexity index is 687. The van der Waals surface area contributed by atoms with Crippen molar-refractivity contribution < 1.29 is 14.3 Å². The van der Waals surface area contributed by atoms with E-state index >= 15 is 0 Å². The molecular weight excluding hydrogens is 376 g/mol. The molecule has 0 aromatic heterocycles. The van der Waals surface area contributed by atoms with Gasteiger partial charge < -0.3 is 9.47 Å². The molecule has 1 aliphatic heterocycles. The van der Waals surface area contributed by atoms with Gasteiger partial charge in [0.2, 0.25) is 0 Å². The predicted octanol–water partition coefficient (Wildman–Crippen LogP) is 5.64. The maximum Gasteiger partial charge on any atom is 0.336 e. The molecule has 144 valence electrons. The number of carbonyl (C=O) groups is 1. The van der Waals surface area contributed by atoms with Crippen LogP contribution in [0.15, 0.2) is 70.5 Å². The van der Waals surface area contributed by atoms with Crippen molar-refractivity contribution in [1.82, 2.24) is 0 Å². The van der Waals surface area contributed by atoms with Crippen molar-refractivity contribution in [2.75, 3.05) is 6.61 Å². The van der Waals surface area contributed by atoms with E-state index in [0.717, 1.165) is 6.42 Å². The SMILES string of the molecule is CC(C)(C)OC(=O)[C@@H]1OCC[C@H]1C(Sc1ccccc1)Sc1ccccc1. The van der Waals surface area contributed by atoms with Crippen LogP contribution in [0.1, 0.15) is 27.2 Å². The zero-order valence-corrected chi connectivity index (χ0v) is 17.6. The third-order valence-corrected chi connectivity index (χ3v) is 6.95. The molecule has 1 aliphatic rings. The molecule has 0 unspecified atom stereocenters. The van der Waals surface area contributed by atoms with Gasteiger partial charge in [-0.25, -0.2) is 4.79 Å². The summed E-state index contributed by atoms with van der Waals surface area (Å²) < 4.78 is 11.6. The summed E-state index contributed by atoms with van der Waals surface area (Å²) in [6.45, 7) is 6.27. The van der Waals surface area contributed by atoms with E-state index in [0.29, 0.717) is 6.61 Å². The molecule has 0 bridgehead atoms. The lowest BCUT2D eigenvalue weighted by Gasteiger charge is -2.28. The largest absolute Gasteiger partial charge is 0.458 e. The molecule has 0 radical (unpaired) electrons. The first-order valence-electron chi connectivity index (χ1n) is 9.20. The van der Waals surface area contributed by atoms with E-state index in [-0.39, 0.29) is 16.5 Å². The molecule has 2 aromatic rings. The number of hydrogen-bond donors (Lipinski definition) is 0. The summed E-state index contributed by atoms with van der Waals surface area (Å²) in [5, 5.41) is 0. The lowest BCUT2D eigenvalue weighted by Crippen LogP contribution is -2.37. The molecule has 0 amide bonds. The Hall–Kier alpha value is -1.43. The second kappa shape index (κ2) is 9.18. The van der Waals surface area contributed by atoms with Gasteiger partial charge in [0.1, 0.15) is 5.60 Å². The lowest BCUT2D eigenvalue weighted by atomic mass is 10.0. The average Bonchev–Trinajstić information content (AvgIpc) is 3.11. The molecule has 2 atom stereocenters. The minimum absolute atomic E-state index is 0.0928. The van der Waals surface area contributed by atoms with Crippen LogP contribution in [0.3, 0.4) is 0 Å². The number of carbonyl (C=O) groups excluding carboxylic acids is 1. The van der Waals surface area contributed by atoms with Crippen LogP contribution in [0.25, 0.3) is 0 Å². The minimum atomic E-state index is -0.512. The number of benzene rings is 2. The van der Waals surface area contributed by atoms with Crippen molar-refractivity contribution in [2.45, 2.75) is 53.3 Å². The van der Waals surface area contributed by atoms with Gasteiger partial charge in [0.25, 0.3) is 0 Å². The Morgan fingerprint density at radius 2 is 1.52 bits per heavy atom. The van der Waals surface area contributed by atoms with Gasteiger partial charge in [-0.3, -0.25) is 0 Å². The Balaban J connectivity index is 1.80. The van der Waals surface area contributed by atoms with Gasteiger partial charge >= 0.3 is 5.97 Å². The Kier molecular flexibility index (Phi) is 6.90. The van der Waals surface area contributed by atoms with Gasteiger partial charge in [-0.1, -0.05) is 36.4 Å². The fraction of sp³-hybridized carbons (Fsp3) is 0.409. The van der Waals surface area contributed by atoms with E-state index in [1.165, 1.54) is 9.79 Å². The summed E-state index contributed by atoms with van der Waals surface area (Å²) in [6, 6.07) is 20.7. The second-order valence-corrected chi connectivity index (χ2v) is 10.2. The highest BCUT2D eigenvalue weighted by atomic mass is 32.2. The number of ether oxygens (including phenoxy) is 2. The van der Waals surface area contributed by atoms with E-state index < -0.39 is 11.7 Å². The van der Waals surface area contributed by atoms with E-state index in [4.69, 9.17) is 9.47 Å². The molecule has 3 nitrogen and oxygen atoms in total. The molecule has 3 rings (SSSR count). The Labute approximate surface area is 170 Å². The first kappa shape index (κ1) is 20.3. The molecule has 1 fully saturated rings. The zero-order chi connectivity index (χ0) is 19.3. The van der Waals surface area contributed by atoms with Crippen molar-refractivity contribution in [3.05, 3.63) is 60.7 Å². The fourth-order valence-corrected chi connectivity index (χ4v) is 5.88. The van der Waals surface area contributed by atoms with Crippen LogP contribution in [0, 0.1) is 5.92 Å². The van der Waals surface area contributed by atoms with Crippen molar-refractivity contribution in [3.8, 4) is 0 Å². The van der Waals surface area contributed by atoms with Gasteiger partial charge in [0.15, 0.2) is 6.10 Å². The summed E-state index contributed by atoms with van der Waals surface area (Å²) >= 11 is 3.59. The van der Waals surface area contributed by atoms with Crippen molar-refractivity contribution in [3.63, 3.8) is 0 Å². The molecule has 1 saturated heterocycles. The first-order chi connectivity index (χ1) is 12.9. The van der Waals surface area contributed by atoms with Gasteiger partial charge in [0.05, 0.1) is 4.58 Å².